The molecule has 0 spiro atoms. The zero-order chi connectivity index (χ0) is 11.0. The molecule has 1 aliphatic rings. The monoisotopic (exact) mass is 204 g/mol. The molecule has 0 fully saturated rings. The summed E-state index contributed by atoms with van der Waals surface area (Å²) in [6.45, 7) is 1.81. The number of aliphatic carboxylic acids is 1. The van der Waals surface area contributed by atoms with E-state index in [0.717, 1.165) is 0 Å². The van der Waals surface area contributed by atoms with Gasteiger partial charge >= 0.3 is 5.97 Å². The smallest absolute Gasteiger partial charge is 0.311 e. The summed E-state index contributed by atoms with van der Waals surface area (Å²) in [5, 5.41) is 9.13. The Bertz CT molecular complexity index is 423. The third-order valence-electron chi connectivity index (χ3n) is 2.94. The molecule has 0 saturated carbocycles. The predicted molar refractivity (Wildman–Crippen MR) is 54.9 cm³/mol. The van der Waals surface area contributed by atoms with Crippen LogP contribution in [0.1, 0.15) is 35.2 Å². The van der Waals surface area contributed by atoms with Crippen molar-refractivity contribution in [3.63, 3.8) is 0 Å². The van der Waals surface area contributed by atoms with Gasteiger partial charge in [0.15, 0.2) is 5.78 Å². The summed E-state index contributed by atoms with van der Waals surface area (Å²) in [6, 6.07) is 6.99. The van der Waals surface area contributed by atoms with Gasteiger partial charge in [-0.05, 0) is 11.5 Å². The van der Waals surface area contributed by atoms with E-state index in [1.54, 1.807) is 24.3 Å². The topological polar surface area (TPSA) is 54.4 Å². The van der Waals surface area contributed by atoms with Gasteiger partial charge in [-0.2, -0.15) is 0 Å². The van der Waals surface area contributed by atoms with Gasteiger partial charge in [-0.1, -0.05) is 31.2 Å². The van der Waals surface area contributed by atoms with Crippen LogP contribution >= 0.6 is 0 Å². The molecule has 0 aliphatic heterocycles. The van der Waals surface area contributed by atoms with Crippen molar-refractivity contribution in [3.8, 4) is 0 Å². The summed E-state index contributed by atoms with van der Waals surface area (Å²) in [7, 11) is 0. The number of ketones is 1. The first-order valence-corrected chi connectivity index (χ1v) is 4.96. The molecular formula is C12H12O3. The van der Waals surface area contributed by atoms with Gasteiger partial charge in [0.1, 0.15) is 0 Å². The molecule has 1 aliphatic carbocycles. The maximum atomic E-state index is 11.7. The van der Waals surface area contributed by atoms with Gasteiger partial charge in [0, 0.05) is 12.0 Å². The molecule has 2 unspecified atom stereocenters. The molecule has 3 heteroatoms. The third-order valence-corrected chi connectivity index (χ3v) is 2.94. The van der Waals surface area contributed by atoms with E-state index in [1.165, 1.54) is 0 Å². The van der Waals surface area contributed by atoms with Gasteiger partial charge in [-0.3, -0.25) is 9.59 Å². The maximum Gasteiger partial charge on any atom is 0.311 e. The molecule has 0 radical (unpaired) electrons. The number of carboxylic acids is 1. The highest BCUT2D eigenvalue weighted by molar-refractivity contribution is 6.01. The Morgan fingerprint density at radius 3 is 2.73 bits per heavy atom. The van der Waals surface area contributed by atoms with E-state index in [4.69, 9.17) is 5.11 Å². The largest absolute Gasteiger partial charge is 0.481 e. The summed E-state index contributed by atoms with van der Waals surface area (Å²) in [5.74, 6) is -1.46. The van der Waals surface area contributed by atoms with Gasteiger partial charge in [0.25, 0.3) is 0 Å². The number of carbonyl (C=O) groups is 2. The molecule has 2 atom stereocenters. The normalized spacial score (nSPS) is 24.7. The van der Waals surface area contributed by atoms with Crippen LogP contribution in [0.15, 0.2) is 24.3 Å². The fourth-order valence-corrected chi connectivity index (χ4v) is 2.23. The van der Waals surface area contributed by atoms with Crippen LogP contribution in [-0.2, 0) is 4.79 Å². The number of rotatable bonds is 1. The van der Waals surface area contributed by atoms with Crippen molar-refractivity contribution < 1.29 is 14.7 Å². The van der Waals surface area contributed by atoms with Gasteiger partial charge in [0.2, 0.25) is 0 Å². The second-order valence-corrected chi connectivity index (χ2v) is 4.01. The zero-order valence-corrected chi connectivity index (χ0v) is 8.43. The number of Topliss-reactive ketones (excluding diaryl/α,β-unsaturated/α-hetero) is 1. The molecule has 1 N–H and O–H groups in total. The van der Waals surface area contributed by atoms with Crippen molar-refractivity contribution >= 4 is 11.8 Å². The first kappa shape index (κ1) is 9.90. The van der Waals surface area contributed by atoms with Crippen molar-refractivity contribution in [1.82, 2.24) is 0 Å². The fraction of sp³-hybridized carbons (Fsp3) is 0.333. The lowest BCUT2D eigenvalue weighted by atomic mass is 9.75. The van der Waals surface area contributed by atoms with Crippen molar-refractivity contribution in [3.05, 3.63) is 35.4 Å². The van der Waals surface area contributed by atoms with Gasteiger partial charge in [-0.15, -0.1) is 0 Å². The minimum atomic E-state index is -0.845. The van der Waals surface area contributed by atoms with Crippen LogP contribution in [0.3, 0.4) is 0 Å². The van der Waals surface area contributed by atoms with Crippen LogP contribution < -0.4 is 0 Å². The third kappa shape index (κ3) is 1.54. The summed E-state index contributed by atoms with van der Waals surface area (Å²) < 4.78 is 0. The molecule has 0 heterocycles. The standard InChI is InChI=1S/C12H12O3/c1-7-6-10(13)8-4-2-3-5-9(8)11(7)12(14)15/h2-5,7,11H,6H2,1H3,(H,14,15). The van der Waals surface area contributed by atoms with E-state index in [0.29, 0.717) is 17.5 Å². The Morgan fingerprint density at radius 2 is 2.07 bits per heavy atom. The Hall–Kier alpha value is -1.64. The Morgan fingerprint density at radius 1 is 1.40 bits per heavy atom. The second-order valence-electron chi connectivity index (χ2n) is 4.01. The number of hydrogen-bond acceptors (Lipinski definition) is 2. The van der Waals surface area contributed by atoms with Gasteiger partial charge < -0.3 is 5.11 Å². The molecule has 0 amide bonds. The highest BCUT2D eigenvalue weighted by Crippen LogP contribution is 2.35. The number of benzene rings is 1. The van der Waals surface area contributed by atoms with Crippen molar-refractivity contribution in [2.45, 2.75) is 19.3 Å². The molecule has 78 valence electrons. The van der Waals surface area contributed by atoms with E-state index >= 15 is 0 Å². The second kappa shape index (κ2) is 3.50. The highest BCUT2D eigenvalue weighted by atomic mass is 16.4. The Labute approximate surface area is 87.7 Å². The van der Waals surface area contributed by atoms with Crippen LogP contribution in [0.2, 0.25) is 0 Å². The summed E-state index contributed by atoms with van der Waals surface area (Å²) >= 11 is 0. The fourth-order valence-electron chi connectivity index (χ4n) is 2.23. The van der Waals surface area contributed by atoms with E-state index in [1.807, 2.05) is 6.92 Å². The number of carboxylic acid groups (broad SMARTS) is 1. The molecular weight excluding hydrogens is 192 g/mol. The number of fused-ring (bicyclic) bond motifs is 1. The van der Waals surface area contributed by atoms with E-state index < -0.39 is 11.9 Å². The van der Waals surface area contributed by atoms with E-state index in [2.05, 4.69) is 0 Å². The average molecular weight is 204 g/mol. The van der Waals surface area contributed by atoms with Crippen molar-refractivity contribution in [2.75, 3.05) is 0 Å². The number of carbonyl (C=O) groups excluding carboxylic acids is 1. The molecule has 1 aromatic carbocycles. The molecule has 1 aromatic rings. The highest BCUT2D eigenvalue weighted by Gasteiger charge is 2.35. The minimum Gasteiger partial charge on any atom is -0.481 e. The van der Waals surface area contributed by atoms with Crippen LogP contribution in [-0.4, -0.2) is 16.9 Å². The lowest BCUT2D eigenvalue weighted by Gasteiger charge is -2.27. The minimum absolute atomic E-state index is 0.0515. The van der Waals surface area contributed by atoms with Gasteiger partial charge in [-0.25, -0.2) is 0 Å². The van der Waals surface area contributed by atoms with E-state index in [9.17, 15) is 9.59 Å². The Kier molecular flexibility index (Phi) is 2.31. The zero-order valence-electron chi connectivity index (χ0n) is 8.43. The maximum absolute atomic E-state index is 11.7. The first-order chi connectivity index (χ1) is 7.11. The van der Waals surface area contributed by atoms with Crippen molar-refractivity contribution in [1.29, 1.82) is 0 Å². The van der Waals surface area contributed by atoms with Crippen LogP contribution in [0.25, 0.3) is 0 Å². The van der Waals surface area contributed by atoms with Crippen molar-refractivity contribution in [2.24, 2.45) is 5.92 Å². The summed E-state index contributed by atoms with van der Waals surface area (Å²) in [6.07, 6.45) is 0.327. The SMILES string of the molecule is CC1CC(=O)c2ccccc2C1C(=O)O. The number of hydrogen-bond donors (Lipinski definition) is 1. The molecule has 3 nitrogen and oxygen atoms in total. The Balaban J connectivity index is 2.56. The molecule has 0 saturated heterocycles. The van der Waals surface area contributed by atoms with Crippen LogP contribution in [0, 0.1) is 5.92 Å². The molecule has 0 bridgehead atoms. The summed E-state index contributed by atoms with van der Waals surface area (Å²) in [5.41, 5.74) is 1.23. The van der Waals surface area contributed by atoms with Crippen LogP contribution in [0.4, 0.5) is 0 Å². The molecule has 2 rings (SSSR count). The lowest BCUT2D eigenvalue weighted by molar-refractivity contribution is -0.140. The van der Waals surface area contributed by atoms with E-state index in [-0.39, 0.29) is 11.7 Å². The molecule has 0 aromatic heterocycles. The lowest BCUT2D eigenvalue weighted by Crippen LogP contribution is -2.28. The summed E-state index contributed by atoms with van der Waals surface area (Å²) in [4.78, 5) is 22.8. The van der Waals surface area contributed by atoms with Gasteiger partial charge in [0.05, 0.1) is 5.92 Å². The predicted octanol–water partition coefficient (Wildman–Crippen LogP) is 2.08. The average Bonchev–Trinajstić information content (AvgIpc) is 2.17. The quantitative estimate of drug-likeness (QED) is 0.761. The molecule has 15 heavy (non-hydrogen) atoms. The van der Waals surface area contributed by atoms with Crippen LogP contribution in [0.5, 0.6) is 0 Å². The first-order valence-electron chi connectivity index (χ1n) is 4.96.